The predicted molar refractivity (Wildman–Crippen MR) is 71.3 cm³/mol. The van der Waals surface area contributed by atoms with Gasteiger partial charge in [-0.2, -0.15) is 0 Å². The first kappa shape index (κ1) is 14.2. The molecule has 1 fully saturated rings. The van der Waals surface area contributed by atoms with Gasteiger partial charge >= 0.3 is 0 Å². The molecule has 7 heteroatoms. The van der Waals surface area contributed by atoms with Crippen LogP contribution < -0.4 is 11.1 Å². The molecule has 1 amide bonds. The number of amides is 1. The molecular weight excluding hydrogens is 260 g/mol. The number of hydrogen-bond donors (Lipinski definition) is 2. The Labute approximate surface area is 111 Å². The summed E-state index contributed by atoms with van der Waals surface area (Å²) >= 11 is 1.48. The monoisotopic (exact) mass is 276 g/mol. The van der Waals surface area contributed by atoms with Crippen molar-refractivity contribution in [1.82, 2.24) is 15.2 Å². The third-order valence-corrected chi connectivity index (χ3v) is 3.59. The summed E-state index contributed by atoms with van der Waals surface area (Å²) in [5, 5.41) is 3.48. The molecule has 1 unspecified atom stereocenters. The summed E-state index contributed by atoms with van der Waals surface area (Å²) in [6, 6.07) is -0.0779. The van der Waals surface area contributed by atoms with Crippen LogP contribution in [0.3, 0.4) is 0 Å². The molecule has 96 valence electrons. The van der Waals surface area contributed by atoms with Crippen molar-refractivity contribution in [2.24, 2.45) is 0 Å². The standard InChI is InChI=1S/C10H16N4OS.ClH/c1-7-9(15)12-3-2-4-14(7)6-8-5-13-10(11)16-8;/h5,7H,2-4,6H2,1H3,(H2,11,13)(H,12,15);1H. The number of thiazole rings is 1. The Morgan fingerprint density at radius 3 is 3.12 bits per heavy atom. The zero-order valence-electron chi connectivity index (χ0n) is 9.68. The normalized spacial score (nSPS) is 21.5. The molecule has 0 saturated carbocycles. The second-order valence-electron chi connectivity index (χ2n) is 3.96. The highest BCUT2D eigenvalue weighted by Gasteiger charge is 2.23. The molecular formula is C10H17ClN4OS. The lowest BCUT2D eigenvalue weighted by atomic mass is 10.2. The first-order chi connectivity index (χ1) is 7.66. The zero-order chi connectivity index (χ0) is 11.5. The van der Waals surface area contributed by atoms with E-state index in [1.807, 2.05) is 6.92 Å². The summed E-state index contributed by atoms with van der Waals surface area (Å²) in [6.45, 7) is 4.39. The number of hydrogen-bond acceptors (Lipinski definition) is 5. The van der Waals surface area contributed by atoms with Gasteiger partial charge in [-0.15, -0.1) is 23.7 Å². The molecule has 0 aromatic carbocycles. The predicted octanol–water partition coefficient (Wildman–Crippen LogP) is 0.857. The van der Waals surface area contributed by atoms with Crippen LogP contribution in [0.15, 0.2) is 6.20 Å². The highest BCUT2D eigenvalue weighted by atomic mass is 35.5. The third-order valence-electron chi connectivity index (χ3n) is 2.78. The van der Waals surface area contributed by atoms with Gasteiger partial charge in [-0.3, -0.25) is 9.69 Å². The van der Waals surface area contributed by atoms with Gasteiger partial charge < -0.3 is 11.1 Å². The van der Waals surface area contributed by atoms with E-state index in [0.717, 1.165) is 30.9 Å². The number of nitrogen functional groups attached to an aromatic ring is 1. The van der Waals surface area contributed by atoms with E-state index in [1.54, 1.807) is 6.20 Å². The first-order valence-corrected chi connectivity index (χ1v) is 6.20. The van der Waals surface area contributed by atoms with Crippen molar-refractivity contribution in [2.45, 2.75) is 25.9 Å². The average Bonchev–Trinajstić information content (AvgIpc) is 2.60. The van der Waals surface area contributed by atoms with Gasteiger partial charge in [-0.25, -0.2) is 4.98 Å². The summed E-state index contributed by atoms with van der Waals surface area (Å²) in [5.74, 6) is 0.106. The van der Waals surface area contributed by atoms with Gasteiger partial charge in [0.25, 0.3) is 0 Å². The Morgan fingerprint density at radius 1 is 1.71 bits per heavy atom. The maximum Gasteiger partial charge on any atom is 0.237 e. The van der Waals surface area contributed by atoms with Crippen molar-refractivity contribution in [2.75, 3.05) is 18.8 Å². The fourth-order valence-electron chi connectivity index (χ4n) is 1.81. The Bertz CT molecular complexity index is 384. The van der Waals surface area contributed by atoms with Crippen molar-refractivity contribution in [3.05, 3.63) is 11.1 Å². The van der Waals surface area contributed by atoms with Crippen molar-refractivity contribution in [1.29, 1.82) is 0 Å². The Kier molecular flexibility index (Phi) is 5.17. The molecule has 2 rings (SSSR count). The number of aromatic nitrogens is 1. The molecule has 3 N–H and O–H groups in total. The maximum atomic E-state index is 11.6. The lowest BCUT2D eigenvalue weighted by Crippen LogP contribution is -2.41. The number of halogens is 1. The van der Waals surface area contributed by atoms with Crippen LogP contribution in [0.1, 0.15) is 18.2 Å². The van der Waals surface area contributed by atoms with E-state index in [4.69, 9.17) is 5.73 Å². The van der Waals surface area contributed by atoms with E-state index in [9.17, 15) is 4.79 Å². The molecule has 1 saturated heterocycles. The van der Waals surface area contributed by atoms with Gasteiger partial charge in [0.15, 0.2) is 5.13 Å². The SMILES string of the molecule is CC1C(=O)NCCCN1Cc1cnc(N)s1.Cl. The average molecular weight is 277 g/mol. The van der Waals surface area contributed by atoms with Crippen molar-refractivity contribution >= 4 is 34.8 Å². The van der Waals surface area contributed by atoms with Crippen molar-refractivity contribution in [3.63, 3.8) is 0 Å². The van der Waals surface area contributed by atoms with Crippen molar-refractivity contribution < 1.29 is 4.79 Å². The molecule has 1 aromatic rings. The topological polar surface area (TPSA) is 71.2 Å². The summed E-state index contributed by atoms with van der Waals surface area (Å²) in [7, 11) is 0. The fraction of sp³-hybridized carbons (Fsp3) is 0.600. The molecule has 0 spiro atoms. The first-order valence-electron chi connectivity index (χ1n) is 5.39. The van der Waals surface area contributed by atoms with E-state index in [0.29, 0.717) is 5.13 Å². The largest absolute Gasteiger partial charge is 0.375 e. The van der Waals surface area contributed by atoms with Crippen LogP contribution in [0.5, 0.6) is 0 Å². The molecule has 1 atom stereocenters. The minimum Gasteiger partial charge on any atom is -0.375 e. The second kappa shape index (κ2) is 6.18. The number of nitrogens with zero attached hydrogens (tertiary/aromatic N) is 2. The van der Waals surface area contributed by atoms with Gasteiger partial charge in [0.2, 0.25) is 5.91 Å². The van der Waals surface area contributed by atoms with Crippen LogP contribution in [0, 0.1) is 0 Å². The molecule has 5 nitrogen and oxygen atoms in total. The molecule has 17 heavy (non-hydrogen) atoms. The van der Waals surface area contributed by atoms with E-state index < -0.39 is 0 Å². The lowest BCUT2D eigenvalue weighted by Gasteiger charge is -2.24. The van der Waals surface area contributed by atoms with Crippen LogP contribution in [-0.4, -0.2) is 34.9 Å². The number of rotatable bonds is 2. The molecule has 1 aliphatic heterocycles. The van der Waals surface area contributed by atoms with Crippen LogP contribution in [0.2, 0.25) is 0 Å². The second-order valence-corrected chi connectivity index (χ2v) is 5.10. The van der Waals surface area contributed by atoms with E-state index in [-0.39, 0.29) is 24.4 Å². The Balaban J connectivity index is 0.00000144. The van der Waals surface area contributed by atoms with E-state index >= 15 is 0 Å². The van der Waals surface area contributed by atoms with Gasteiger partial charge in [-0.1, -0.05) is 0 Å². The molecule has 2 heterocycles. The molecule has 0 aliphatic carbocycles. The summed E-state index contributed by atoms with van der Waals surface area (Å²) in [4.78, 5) is 18.9. The quantitative estimate of drug-likeness (QED) is 0.840. The molecule has 1 aliphatic rings. The van der Waals surface area contributed by atoms with Gasteiger partial charge in [0.1, 0.15) is 0 Å². The zero-order valence-corrected chi connectivity index (χ0v) is 11.3. The Morgan fingerprint density at radius 2 is 2.47 bits per heavy atom. The van der Waals surface area contributed by atoms with Crippen molar-refractivity contribution in [3.8, 4) is 0 Å². The smallest absolute Gasteiger partial charge is 0.237 e. The summed E-state index contributed by atoms with van der Waals surface area (Å²) in [6.07, 6.45) is 2.78. The number of carbonyl (C=O) groups is 1. The molecule has 0 bridgehead atoms. The van der Waals surface area contributed by atoms with Crippen LogP contribution in [0.25, 0.3) is 0 Å². The number of nitrogens with two attached hydrogens (primary N) is 1. The number of nitrogens with one attached hydrogen (secondary N) is 1. The lowest BCUT2D eigenvalue weighted by molar-refractivity contribution is -0.125. The third kappa shape index (κ3) is 3.55. The molecule has 1 aromatic heterocycles. The minimum absolute atomic E-state index is 0. The molecule has 0 radical (unpaired) electrons. The maximum absolute atomic E-state index is 11.6. The van der Waals surface area contributed by atoms with E-state index in [2.05, 4.69) is 15.2 Å². The number of carbonyl (C=O) groups excluding carboxylic acids is 1. The van der Waals surface area contributed by atoms with E-state index in [1.165, 1.54) is 11.3 Å². The van der Waals surface area contributed by atoms with Crippen LogP contribution in [0.4, 0.5) is 5.13 Å². The van der Waals surface area contributed by atoms with Gasteiger partial charge in [0, 0.05) is 30.7 Å². The minimum atomic E-state index is -0.0779. The van der Waals surface area contributed by atoms with Gasteiger partial charge in [0.05, 0.1) is 6.04 Å². The highest BCUT2D eigenvalue weighted by Crippen LogP contribution is 2.18. The fourth-order valence-corrected chi connectivity index (χ4v) is 2.52. The summed E-state index contributed by atoms with van der Waals surface area (Å²) < 4.78 is 0. The number of anilines is 1. The summed E-state index contributed by atoms with van der Waals surface area (Å²) in [5.41, 5.74) is 5.59. The van der Waals surface area contributed by atoms with Gasteiger partial charge in [-0.05, 0) is 13.3 Å². The highest BCUT2D eigenvalue weighted by molar-refractivity contribution is 7.15. The van der Waals surface area contributed by atoms with Crippen LogP contribution >= 0.6 is 23.7 Å². The van der Waals surface area contributed by atoms with Crippen LogP contribution in [-0.2, 0) is 11.3 Å². The Hall–Kier alpha value is -0.850.